The monoisotopic (exact) mass is 255 g/mol. The summed E-state index contributed by atoms with van der Waals surface area (Å²) < 4.78 is 0. The number of hydrogen-bond donors (Lipinski definition) is 2. The normalized spacial score (nSPS) is 10.1. The lowest BCUT2D eigenvalue weighted by Crippen LogP contribution is -2.06. The molecule has 0 aliphatic heterocycles. The number of aromatic nitrogens is 1. The van der Waals surface area contributed by atoms with Gasteiger partial charge in [-0.2, -0.15) is 0 Å². The van der Waals surface area contributed by atoms with E-state index < -0.39 is 0 Å². The lowest BCUT2D eigenvalue weighted by Gasteiger charge is -2.08. The minimum absolute atomic E-state index is 0.100. The number of pyridine rings is 1. The third kappa shape index (κ3) is 3.55. The molecule has 0 aliphatic rings. The fourth-order valence-electron chi connectivity index (χ4n) is 1.71. The predicted molar refractivity (Wildman–Crippen MR) is 77.7 cm³/mol. The van der Waals surface area contributed by atoms with Gasteiger partial charge < -0.3 is 10.6 Å². The second kappa shape index (κ2) is 5.52. The SMILES string of the molecule is CC(=O)Nc1ccc(Nc2ccc(C)c(C)c2)nc1. The van der Waals surface area contributed by atoms with Gasteiger partial charge in [-0.15, -0.1) is 0 Å². The molecule has 0 saturated carbocycles. The molecule has 0 atom stereocenters. The van der Waals surface area contributed by atoms with Gasteiger partial charge in [0.2, 0.25) is 5.91 Å². The van der Waals surface area contributed by atoms with Crippen LogP contribution in [-0.4, -0.2) is 10.9 Å². The predicted octanol–water partition coefficient (Wildman–Crippen LogP) is 3.40. The summed E-state index contributed by atoms with van der Waals surface area (Å²) in [5, 5.41) is 5.91. The molecule has 2 rings (SSSR count). The molecule has 4 heteroatoms. The quantitative estimate of drug-likeness (QED) is 0.883. The number of benzene rings is 1. The van der Waals surface area contributed by atoms with Crippen molar-refractivity contribution in [1.29, 1.82) is 0 Å². The second-order valence-corrected chi connectivity index (χ2v) is 4.54. The molecular weight excluding hydrogens is 238 g/mol. The van der Waals surface area contributed by atoms with Crippen LogP contribution in [0.15, 0.2) is 36.5 Å². The number of carbonyl (C=O) groups excluding carboxylic acids is 1. The van der Waals surface area contributed by atoms with Crippen molar-refractivity contribution < 1.29 is 4.79 Å². The van der Waals surface area contributed by atoms with Crippen molar-refractivity contribution >= 4 is 23.1 Å². The maximum absolute atomic E-state index is 10.9. The van der Waals surface area contributed by atoms with Crippen LogP contribution in [0.2, 0.25) is 0 Å². The molecule has 0 bridgehead atoms. The van der Waals surface area contributed by atoms with E-state index in [4.69, 9.17) is 0 Å². The van der Waals surface area contributed by atoms with Gasteiger partial charge in [0.25, 0.3) is 0 Å². The Morgan fingerprint density at radius 3 is 2.37 bits per heavy atom. The van der Waals surface area contributed by atoms with E-state index in [1.54, 1.807) is 6.20 Å². The van der Waals surface area contributed by atoms with Crippen molar-refractivity contribution in [3.8, 4) is 0 Å². The largest absolute Gasteiger partial charge is 0.340 e. The molecule has 0 aliphatic carbocycles. The summed E-state index contributed by atoms with van der Waals surface area (Å²) in [6.07, 6.45) is 1.63. The van der Waals surface area contributed by atoms with Crippen molar-refractivity contribution in [2.75, 3.05) is 10.6 Å². The summed E-state index contributed by atoms with van der Waals surface area (Å²) >= 11 is 0. The molecule has 1 aromatic carbocycles. The average molecular weight is 255 g/mol. The van der Waals surface area contributed by atoms with Crippen LogP contribution in [0.3, 0.4) is 0 Å². The third-order valence-corrected chi connectivity index (χ3v) is 2.86. The molecular formula is C15H17N3O. The van der Waals surface area contributed by atoms with E-state index in [9.17, 15) is 4.79 Å². The molecule has 2 aromatic rings. The lowest BCUT2D eigenvalue weighted by atomic mass is 10.1. The summed E-state index contributed by atoms with van der Waals surface area (Å²) in [7, 11) is 0. The molecule has 1 amide bonds. The summed E-state index contributed by atoms with van der Waals surface area (Å²) in [5.74, 6) is 0.647. The number of nitrogens with one attached hydrogen (secondary N) is 2. The van der Waals surface area contributed by atoms with E-state index in [-0.39, 0.29) is 5.91 Å². The van der Waals surface area contributed by atoms with Crippen LogP contribution in [0.25, 0.3) is 0 Å². The Morgan fingerprint density at radius 1 is 1.05 bits per heavy atom. The highest BCUT2D eigenvalue weighted by molar-refractivity contribution is 5.88. The Balaban J connectivity index is 2.10. The molecule has 0 unspecified atom stereocenters. The summed E-state index contributed by atoms with van der Waals surface area (Å²) in [4.78, 5) is 15.2. The smallest absolute Gasteiger partial charge is 0.221 e. The van der Waals surface area contributed by atoms with Gasteiger partial charge in [0.05, 0.1) is 11.9 Å². The number of anilines is 3. The van der Waals surface area contributed by atoms with Gasteiger partial charge in [-0.25, -0.2) is 4.98 Å². The highest BCUT2D eigenvalue weighted by Gasteiger charge is 2.00. The van der Waals surface area contributed by atoms with Crippen molar-refractivity contribution in [3.05, 3.63) is 47.7 Å². The molecule has 19 heavy (non-hydrogen) atoms. The van der Waals surface area contributed by atoms with E-state index in [0.29, 0.717) is 5.69 Å². The molecule has 98 valence electrons. The van der Waals surface area contributed by atoms with Crippen molar-refractivity contribution in [2.24, 2.45) is 0 Å². The number of amides is 1. The highest BCUT2D eigenvalue weighted by Crippen LogP contribution is 2.19. The Morgan fingerprint density at radius 2 is 1.79 bits per heavy atom. The van der Waals surface area contributed by atoms with E-state index in [1.165, 1.54) is 18.1 Å². The van der Waals surface area contributed by atoms with Gasteiger partial charge in [-0.05, 0) is 49.2 Å². The van der Waals surface area contributed by atoms with E-state index >= 15 is 0 Å². The Bertz CT molecular complexity index is 591. The number of nitrogens with zero attached hydrogens (tertiary/aromatic N) is 1. The fourth-order valence-corrected chi connectivity index (χ4v) is 1.71. The zero-order valence-corrected chi connectivity index (χ0v) is 11.3. The summed E-state index contributed by atoms with van der Waals surface area (Å²) in [6.45, 7) is 5.63. The van der Waals surface area contributed by atoms with Gasteiger partial charge in [0, 0.05) is 12.6 Å². The van der Waals surface area contributed by atoms with Gasteiger partial charge in [-0.3, -0.25) is 4.79 Å². The van der Waals surface area contributed by atoms with Crippen LogP contribution >= 0.6 is 0 Å². The van der Waals surface area contributed by atoms with E-state index in [2.05, 4.69) is 41.6 Å². The summed E-state index contributed by atoms with van der Waals surface area (Å²) in [6, 6.07) is 9.83. The molecule has 0 spiro atoms. The van der Waals surface area contributed by atoms with Crippen molar-refractivity contribution in [1.82, 2.24) is 4.98 Å². The van der Waals surface area contributed by atoms with Crippen LogP contribution in [0.1, 0.15) is 18.1 Å². The Kier molecular flexibility index (Phi) is 3.80. The first kappa shape index (κ1) is 13.1. The maximum atomic E-state index is 10.9. The molecule has 2 N–H and O–H groups in total. The van der Waals surface area contributed by atoms with Crippen molar-refractivity contribution in [3.63, 3.8) is 0 Å². The molecule has 1 heterocycles. The van der Waals surface area contributed by atoms with E-state index in [0.717, 1.165) is 11.5 Å². The van der Waals surface area contributed by atoms with Gasteiger partial charge in [0.15, 0.2) is 0 Å². The number of hydrogen-bond acceptors (Lipinski definition) is 3. The molecule has 0 radical (unpaired) electrons. The number of rotatable bonds is 3. The van der Waals surface area contributed by atoms with Crippen LogP contribution in [-0.2, 0) is 4.79 Å². The minimum atomic E-state index is -0.100. The molecule has 4 nitrogen and oxygen atoms in total. The highest BCUT2D eigenvalue weighted by atomic mass is 16.1. The topological polar surface area (TPSA) is 54.0 Å². The summed E-state index contributed by atoms with van der Waals surface area (Å²) in [5.41, 5.74) is 4.19. The zero-order valence-electron chi connectivity index (χ0n) is 11.3. The van der Waals surface area contributed by atoms with Crippen LogP contribution in [0.5, 0.6) is 0 Å². The molecule has 0 fully saturated rings. The van der Waals surface area contributed by atoms with Gasteiger partial charge in [0.1, 0.15) is 5.82 Å². The Hall–Kier alpha value is -2.36. The van der Waals surface area contributed by atoms with Crippen LogP contribution in [0, 0.1) is 13.8 Å². The maximum Gasteiger partial charge on any atom is 0.221 e. The fraction of sp³-hybridized carbons (Fsp3) is 0.200. The van der Waals surface area contributed by atoms with Crippen LogP contribution < -0.4 is 10.6 Å². The Labute approximate surface area is 112 Å². The standard InChI is InChI=1S/C15H17N3O/c1-10-4-5-13(8-11(10)2)18-15-7-6-14(9-16-15)17-12(3)19/h4-9H,1-3H3,(H,16,18)(H,17,19). The first-order valence-corrected chi connectivity index (χ1v) is 6.12. The van der Waals surface area contributed by atoms with Crippen molar-refractivity contribution in [2.45, 2.75) is 20.8 Å². The van der Waals surface area contributed by atoms with Gasteiger partial charge in [-0.1, -0.05) is 6.07 Å². The average Bonchev–Trinajstić information content (AvgIpc) is 2.36. The first-order valence-electron chi connectivity index (χ1n) is 6.12. The number of aryl methyl sites for hydroxylation is 2. The molecule has 1 aromatic heterocycles. The molecule has 0 saturated heterocycles. The second-order valence-electron chi connectivity index (χ2n) is 4.54. The van der Waals surface area contributed by atoms with Crippen LogP contribution in [0.4, 0.5) is 17.2 Å². The number of carbonyl (C=O) groups is 1. The van der Waals surface area contributed by atoms with Gasteiger partial charge >= 0.3 is 0 Å². The zero-order chi connectivity index (χ0) is 13.8. The third-order valence-electron chi connectivity index (χ3n) is 2.86. The minimum Gasteiger partial charge on any atom is -0.340 e. The van der Waals surface area contributed by atoms with E-state index in [1.807, 2.05) is 18.2 Å². The lowest BCUT2D eigenvalue weighted by molar-refractivity contribution is -0.114. The first-order chi connectivity index (χ1) is 9.04.